The van der Waals surface area contributed by atoms with E-state index in [9.17, 15) is 8.78 Å². The van der Waals surface area contributed by atoms with Crippen molar-refractivity contribution in [3.8, 4) is 11.1 Å². The summed E-state index contributed by atoms with van der Waals surface area (Å²) in [7, 11) is 1.89. The lowest BCUT2D eigenvalue weighted by Gasteiger charge is -2.16. The number of nitrogens with one attached hydrogen (secondary N) is 1. The summed E-state index contributed by atoms with van der Waals surface area (Å²) in [4.78, 5) is 0. The summed E-state index contributed by atoms with van der Waals surface area (Å²) in [6.45, 7) is 2.08. The van der Waals surface area contributed by atoms with Gasteiger partial charge in [-0.25, -0.2) is 8.78 Å². The molecular weight excluding hydrogens is 280 g/mol. The molecule has 2 aromatic carbocycles. The summed E-state index contributed by atoms with van der Waals surface area (Å²) in [6.07, 6.45) is 0.936. The molecule has 0 aliphatic heterocycles. The van der Waals surface area contributed by atoms with Gasteiger partial charge in [0.05, 0.1) is 5.02 Å². The molecule has 1 N–H and O–H groups in total. The van der Waals surface area contributed by atoms with Gasteiger partial charge in [0.15, 0.2) is 11.6 Å². The first kappa shape index (κ1) is 14.9. The normalized spacial score (nSPS) is 12.4. The standard InChI is InChI=1S/C16H16ClF2N/c1-3-16(20-2)11-6-4-5-10(7-11)12-8-14(18)15(19)9-13(12)17/h4-9,16,20H,3H2,1-2H3. The first-order valence-corrected chi connectivity index (χ1v) is 6.86. The Kier molecular flexibility index (Phi) is 4.73. The Balaban J connectivity index is 2.48. The highest BCUT2D eigenvalue weighted by atomic mass is 35.5. The van der Waals surface area contributed by atoms with E-state index in [-0.39, 0.29) is 11.1 Å². The molecule has 1 nitrogen and oxygen atoms in total. The zero-order valence-electron chi connectivity index (χ0n) is 11.4. The molecule has 2 rings (SSSR count). The van der Waals surface area contributed by atoms with Crippen molar-refractivity contribution in [3.63, 3.8) is 0 Å². The van der Waals surface area contributed by atoms with Crippen molar-refractivity contribution in [2.24, 2.45) is 0 Å². The predicted molar refractivity (Wildman–Crippen MR) is 78.9 cm³/mol. The van der Waals surface area contributed by atoms with Crippen molar-refractivity contribution in [2.75, 3.05) is 7.05 Å². The van der Waals surface area contributed by atoms with Gasteiger partial charge in [0.2, 0.25) is 0 Å². The molecule has 0 saturated carbocycles. The van der Waals surface area contributed by atoms with Gasteiger partial charge in [-0.3, -0.25) is 0 Å². The minimum absolute atomic E-state index is 0.207. The van der Waals surface area contributed by atoms with Crippen molar-refractivity contribution in [1.82, 2.24) is 5.32 Å². The molecule has 0 aliphatic rings. The summed E-state index contributed by atoms with van der Waals surface area (Å²) in [5, 5.41) is 3.42. The fourth-order valence-electron chi connectivity index (χ4n) is 2.27. The second-order valence-corrected chi connectivity index (χ2v) is 5.03. The maximum absolute atomic E-state index is 13.4. The van der Waals surface area contributed by atoms with Gasteiger partial charge in [-0.15, -0.1) is 0 Å². The van der Waals surface area contributed by atoms with Gasteiger partial charge in [-0.05, 0) is 42.8 Å². The van der Waals surface area contributed by atoms with Gasteiger partial charge >= 0.3 is 0 Å². The molecule has 0 spiro atoms. The second-order valence-electron chi connectivity index (χ2n) is 4.62. The Morgan fingerprint density at radius 3 is 2.50 bits per heavy atom. The lowest BCUT2D eigenvalue weighted by Crippen LogP contribution is -2.15. The Morgan fingerprint density at radius 2 is 1.85 bits per heavy atom. The molecule has 0 fully saturated rings. The molecular formula is C16H16ClF2N. The van der Waals surface area contributed by atoms with Gasteiger partial charge in [-0.1, -0.05) is 36.7 Å². The van der Waals surface area contributed by atoms with Crippen LogP contribution in [0.4, 0.5) is 8.78 Å². The predicted octanol–water partition coefficient (Wildman–Crippen LogP) is 4.96. The quantitative estimate of drug-likeness (QED) is 0.787. The molecule has 106 valence electrons. The Bertz CT molecular complexity index is 609. The van der Waals surface area contributed by atoms with Crippen LogP contribution in [0.15, 0.2) is 36.4 Å². The summed E-state index contributed by atoms with van der Waals surface area (Å²) >= 11 is 6.01. The van der Waals surface area contributed by atoms with E-state index >= 15 is 0 Å². The largest absolute Gasteiger partial charge is 0.313 e. The second kappa shape index (κ2) is 6.33. The van der Waals surface area contributed by atoms with Crippen molar-refractivity contribution in [3.05, 3.63) is 58.6 Å². The molecule has 0 radical (unpaired) electrons. The van der Waals surface area contributed by atoms with Crippen molar-refractivity contribution in [2.45, 2.75) is 19.4 Å². The summed E-state index contributed by atoms with van der Waals surface area (Å²) in [5.74, 6) is -1.83. The van der Waals surface area contributed by atoms with E-state index < -0.39 is 11.6 Å². The SMILES string of the molecule is CCC(NC)c1cccc(-c2cc(F)c(F)cc2Cl)c1. The zero-order valence-corrected chi connectivity index (χ0v) is 12.1. The van der Waals surface area contributed by atoms with E-state index in [0.717, 1.165) is 29.7 Å². The number of hydrogen-bond acceptors (Lipinski definition) is 1. The van der Waals surface area contributed by atoms with Crippen LogP contribution >= 0.6 is 11.6 Å². The molecule has 1 atom stereocenters. The molecule has 0 bridgehead atoms. The number of benzene rings is 2. The highest BCUT2D eigenvalue weighted by Crippen LogP contribution is 2.31. The molecule has 0 heterocycles. The lowest BCUT2D eigenvalue weighted by molar-refractivity contribution is 0.509. The van der Waals surface area contributed by atoms with E-state index in [1.807, 2.05) is 31.3 Å². The fourth-order valence-corrected chi connectivity index (χ4v) is 2.53. The number of halogens is 3. The third-order valence-electron chi connectivity index (χ3n) is 3.37. The van der Waals surface area contributed by atoms with Crippen LogP contribution in [-0.2, 0) is 0 Å². The molecule has 2 aromatic rings. The minimum Gasteiger partial charge on any atom is -0.313 e. The highest BCUT2D eigenvalue weighted by Gasteiger charge is 2.12. The molecule has 20 heavy (non-hydrogen) atoms. The molecule has 0 saturated heterocycles. The first-order valence-electron chi connectivity index (χ1n) is 6.49. The zero-order chi connectivity index (χ0) is 14.7. The topological polar surface area (TPSA) is 12.0 Å². The fraction of sp³-hybridized carbons (Fsp3) is 0.250. The molecule has 0 aromatic heterocycles. The van der Waals surface area contributed by atoms with E-state index in [1.165, 1.54) is 0 Å². The van der Waals surface area contributed by atoms with E-state index in [2.05, 4.69) is 12.2 Å². The maximum atomic E-state index is 13.4. The van der Waals surface area contributed by atoms with Gasteiger partial charge in [0, 0.05) is 11.6 Å². The maximum Gasteiger partial charge on any atom is 0.160 e. The molecule has 4 heteroatoms. The molecule has 1 unspecified atom stereocenters. The smallest absolute Gasteiger partial charge is 0.160 e. The number of hydrogen-bond donors (Lipinski definition) is 1. The summed E-state index contributed by atoms with van der Waals surface area (Å²) in [5.41, 5.74) is 2.37. The van der Waals surface area contributed by atoms with Crippen LogP contribution in [0.3, 0.4) is 0 Å². The molecule has 0 aliphatic carbocycles. The van der Waals surface area contributed by atoms with Crippen LogP contribution in [0.25, 0.3) is 11.1 Å². The van der Waals surface area contributed by atoms with E-state index in [0.29, 0.717) is 5.56 Å². The third kappa shape index (κ3) is 3.00. The number of rotatable bonds is 4. The van der Waals surface area contributed by atoms with Gasteiger partial charge in [0.1, 0.15) is 0 Å². The van der Waals surface area contributed by atoms with Crippen molar-refractivity contribution >= 4 is 11.6 Å². The van der Waals surface area contributed by atoms with Gasteiger partial charge in [-0.2, -0.15) is 0 Å². The minimum atomic E-state index is -0.934. The Labute approximate surface area is 122 Å². The van der Waals surface area contributed by atoms with Crippen molar-refractivity contribution < 1.29 is 8.78 Å². The van der Waals surface area contributed by atoms with Gasteiger partial charge in [0.25, 0.3) is 0 Å². The van der Waals surface area contributed by atoms with Crippen LogP contribution in [-0.4, -0.2) is 7.05 Å². The van der Waals surface area contributed by atoms with Crippen LogP contribution in [0.1, 0.15) is 24.9 Å². The third-order valence-corrected chi connectivity index (χ3v) is 3.68. The van der Waals surface area contributed by atoms with Gasteiger partial charge < -0.3 is 5.32 Å². The van der Waals surface area contributed by atoms with Crippen LogP contribution in [0, 0.1) is 11.6 Å². The van der Waals surface area contributed by atoms with Crippen molar-refractivity contribution in [1.29, 1.82) is 0 Å². The van der Waals surface area contributed by atoms with Crippen LogP contribution < -0.4 is 5.32 Å². The van der Waals surface area contributed by atoms with E-state index in [4.69, 9.17) is 11.6 Å². The Morgan fingerprint density at radius 1 is 1.15 bits per heavy atom. The van der Waals surface area contributed by atoms with E-state index in [1.54, 1.807) is 0 Å². The molecule has 0 amide bonds. The summed E-state index contributed by atoms with van der Waals surface area (Å²) < 4.78 is 26.5. The average molecular weight is 296 g/mol. The van der Waals surface area contributed by atoms with Crippen LogP contribution in [0.5, 0.6) is 0 Å². The monoisotopic (exact) mass is 295 g/mol. The first-order chi connectivity index (χ1) is 9.56. The Hall–Kier alpha value is -1.45. The average Bonchev–Trinajstić information content (AvgIpc) is 2.44. The van der Waals surface area contributed by atoms with Crippen LogP contribution in [0.2, 0.25) is 5.02 Å². The highest BCUT2D eigenvalue weighted by molar-refractivity contribution is 6.33. The summed E-state index contributed by atoms with van der Waals surface area (Å²) in [6, 6.07) is 10.0. The lowest BCUT2D eigenvalue weighted by atomic mass is 9.98.